The summed E-state index contributed by atoms with van der Waals surface area (Å²) in [7, 11) is 3.44. The lowest BCUT2D eigenvalue weighted by Crippen LogP contribution is -2.24. The Morgan fingerprint density at radius 2 is 2.20 bits per heavy atom. The minimum absolute atomic E-state index is 0.0102. The van der Waals surface area contributed by atoms with E-state index in [0.29, 0.717) is 24.5 Å². The Kier molecular flexibility index (Phi) is 4.79. The topological polar surface area (TPSA) is 65.4 Å². The van der Waals surface area contributed by atoms with Gasteiger partial charge >= 0.3 is 0 Å². The smallest absolute Gasteiger partial charge is 0.226 e. The lowest BCUT2D eigenvalue weighted by molar-refractivity contribution is -0.116. The highest BCUT2D eigenvalue weighted by Gasteiger charge is 2.29. The molecular weight excluding hydrogens is 318 g/mol. The molecule has 132 valence electrons. The first-order valence-electron chi connectivity index (χ1n) is 8.25. The molecule has 0 aliphatic carbocycles. The van der Waals surface area contributed by atoms with Crippen LogP contribution in [-0.2, 0) is 11.8 Å². The summed E-state index contributed by atoms with van der Waals surface area (Å²) < 4.78 is 13.0. The van der Waals surface area contributed by atoms with Crippen LogP contribution in [-0.4, -0.2) is 29.4 Å². The van der Waals surface area contributed by atoms with E-state index in [1.54, 1.807) is 11.8 Å². The van der Waals surface area contributed by atoms with Crippen molar-refractivity contribution in [1.82, 2.24) is 9.78 Å². The molecule has 1 aliphatic heterocycles. The third kappa shape index (κ3) is 3.52. The summed E-state index contributed by atoms with van der Waals surface area (Å²) in [4.78, 5) is 12.1. The number of nitrogens with one attached hydrogen (secondary N) is 1. The standard InChI is InChI=1S/C19H23N3O3/c1-12(2)7-8-25-16-6-5-13(9-17(16)24-4)14-10-18(23)21-19-15(14)11-20-22(19)3/h5-7,9,11,14H,8,10H2,1-4H3,(H,21,23). The molecule has 0 spiro atoms. The fourth-order valence-electron chi connectivity index (χ4n) is 2.96. The SMILES string of the molecule is COc1cc(C2CC(=O)Nc3c2cnn3C)ccc1OCC=C(C)C. The molecule has 2 aromatic rings. The average Bonchev–Trinajstić information content (AvgIpc) is 2.95. The first-order valence-corrected chi connectivity index (χ1v) is 8.25. The van der Waals surface area contributed by atoms with Crippen molar-refractivity contribution in [2.45, 2.75) is 26.2 Å². The second kappa shape index (κ2) is 7.01. The number of nitrogens with zero attached hydrogens (tertiary/aromatic N) is 2. The van der Waals surface area contributed by atoms with Crippen LogP contribution >= 0.6 is 0 Å². The Hall–Kier alpha value is -2.76. The highest BCUT2D eigenvalue weighted by atomic mass is 16.5. The molecule has 0 saturated heterocycles. The van der Waals surface area contributed by atoms with Crippen LogP contribution in [0.3, 0.4) is 0 Å². The second-order valence-corrected chi connectivity index (χ2v) is 6.38. The fraction of sp³-hybridized carbons (Fsp3) is 0.368. The number of amides is 1. The van der Waals surface area contributed by atoms with Crippen molar-refractivity contribution in [2.75, 3.05) is 19.0 Å². The van der Waals surface area contributed by atoms with E-state index in [-0.39, 0.29) is 11.8 Å². The summed E-state index contributed by atoms with van der Waals surface area (Å²) in [5.41, 5.74) is 3.23. The Bertz CT molecular complexity index is 819. The van der Waals surface area contributed by atoms with Gasteiger partial charge in [-0.05, 0) is 37.6 Å². The van der Waals surface area contributed by atoms with Gasteiger partial charge in [0.1, 0.15) is 12.4 Å². The number of carbonyl (C=O) groups is 1. The summed E-state index contributed by atoms with van der Waals surface area (Å²) in [6, 6.07) is 5.83. The number of fused-ring (bicyclic) bond motifs is 1. The van der Waals surface area contributed by atoms with Crippen LogP contribution in [0, 0.1) is 0 Å². The van der Waals surface area contributed by atoms with Crippen LogP contribution in [0.1, 0.15) is 37.3 Å². The number of allylic oxidation sites excluding steroid dienone is 1. The number of hydrogen-bond acceptors (Lipinski definition) is 4. The lowest BCUT2D eigenvalue weighted by atomic mass is 9.87. The number of rotatable bonds is 5. The third-order valence-corrected chi connectivity index (χ3v) is 4.31. The van der Waals surface area contributed by atoms with E-state index in [2.05, 4.69) is 10.4 Å². The number of aryl methyl sites for hydroxylation is 1. The molecule has 1 amide bonds. The van der Waals surface area contributed by atoms with Crippen molar-refractivity contribution in [3.63, 3.8) is 0 Å². The van der Waals surface area contributed by atoms with Crippen LogP contribution in [0.25, 0.3) is 0 Å². The van der Waals surface area contributed by atoms with Crippen LogP contribution in [0.2, 0.25) is 0 Å². The molecule has 3 rings (SSSR count). The number of methoxy groups -OCH3 is 1. The van der Waals surface area contributed by atoms with Crippen molar-refractivity contribution < 1.29 is 14.3 Å². The Labute approximate surface area is 147 Å². The number of benzene rings is 1. The molecule has 1 unspecified atom stereocenters. The van der Waals surface area contributed by atoms with E-state index < -0.39 is 0 Å². The molecule has 0 radical (unpaired) electrons. The minimum Gasteiger partial charge on any atom is -0.493 e. The second-order valence-electron chi connectivity index (χ2n) is 6.38. The molecule has 25 heavy (non-hydrogen) atoms. The number of anilines is 1. The Balaban J connectivity index is 1.90. The lowest BCUT2D eigenvalue weighted by Gasteiger charge is -2.24. The van der Waals surface area contributed by atoms with Crippen molar-refractivity contribution in [2.24, 2.45) is 7.05 Å². The summed E-state index contributed by atoms with van der Waals surface area (Å²) in [5.74, 6) is 2.05. The van der Waals surface area contributed by atoms with E-state index in [9.17, 15) is 4.79 Å². The first-order chi connectivity index (χ1) is 12.0. The van der Waals surface area contributed by atoms with E-state index in [4.69, 9.17) is 9.47 Å². The molecular formula is C19H23N3O3. The van der Waals surface area contributed by atoms with Gasteiger partial charge in [0.25, 0.3) is 0 Å². The molecule has 1 atom stereocenters. The quantitative estimate of drug-likeness (QED) is 0.848. The maximum atomic E-state index is 12.1. The van der Waals surface area contributed by atoms with E-state index in [1.807, 2.05) is 51.4 Å². The van der Waals surface area contributed by atoms with E-state index >= 15 is 0 Å². The van der Waals surface area contributed by atoms with Crippen molar-refractivity contribution >= 4 is 11.7 Å². The van der Waals surface area contributed by atoms with Gasteiger partial charge in [0, 0.05) is 24.9 Å². The maximum Gasteiger partial charge on any atom is 0.226 e. The molecule has 0 fully saturated rings. The molecule has 1 aromatic heterocycles. The molecule has 1 aromatic carbocycles. The monoisotopic (exact) mass is 341 g/mol. The van der Waals surface area contributed by atoms with E-state index in [0.717, 1.165) is 16.9 Å². The van der Waals surface area contributed by atoms with Crippen LogP contribution in [0.5, 0.6) is 11.5 Å². The number of hydrogen-bond donors (Lipinski definition) is 1. The van der Waals surface area contributed by atoms with Crippen molar-refractivity contribution in [1.29, 1.82) is 0 Å². The predicted molar refractivity (Wildman–Crippen MR) is 96.2 cm³/mol. The zero-order chi connectivity index (χ0) is 18.0. The summed E-state index contributed by atoms with van der Waals surface area (Å²) >= 11 is 0. The van der Waals surface area contributed by atoms with Crippen LogP contribution < -0.4 is 14.8 Å². The number of carbonyl (C=O) groups excluding carboxylic acids is 1. The van der Waals surface area contributed by atoms with Crippen molar-refractivity contribution in [3.8, 4) is 11.5 Å². The summed E-state index contributed by atoms with van der Waals surface area (Å²) in [6.07, 6.45) is 4.21. The zero-order valence-electron chi connectivity index (χ0n) is 15.0. The van der Waals surface area contributed by atoms with Gasteiger partial charge in [-0.3, -0.25) is 9.48 Å². The van der Waals surface area contributed by atoms with Gasteiger partial charge < -0.3 is 14.8 Å². The number of ether oxygens (including phenoxy) is 2. The van der Waals surface area contributed by atoms with Gasteiger partial charge in [-0.1, -0.05) is 11.6 Å². The molecule has 6 nitrogen and oxygen atoms in total. The molecule has 1 N–H and O–H groups in total. The van der Waals surface area contributed by atoms with Gasteiger partial charge in [0.2, 0.25) is 5.91 Å². The summed E-state index contributed by atoms with van der Waals surface area (Å²) in [6.45, 7) is 4.56. The number of aromatic nitrogens is 2. The zero-order valence-corrected chi connectivity index (χ0v) is 15.0. The maximum absolute atomic E-state index is 12.1. The summed E-state index contributed by atoms with van der Waals surface area (Å²) in [5, 5.41) is 7.15. The highest BCUT2D eigenvalue weighted by molar-refractivity contribution is 5.94. The van der Waals surface area contributed by atoms with Gasteiger partial charge in [0.15, 0.2) is 11.5 Å². The molecule has 6 heteroatoms. The largest absolute Gasteiger partial charge is 0.493 e. The fourth-order valence-corrected chi connectivity index (χ4v) is 2.96. The van der Waals surface area contributed by atoms with Gasteiger partial charge in [-0.15, -0.1) is 0 Å². The van der Waals surface area contributed by atoms with Gasteiger partial charge in [-0.25, -0.2) is 0 Å². The molecule has 1 aliphatic rings. The van der Waals surface area contributed by atoms with Crippen LogP contribution in [0.15, 0.2) is 36.0 Å². The minimum atomic E-state index is -0.0433. The predicted octanol–water partition coefficient (Wildman–Crippen LogP) is 3.25. The molecule has 0 bridgehead atoms. The Morgan fingerprint density at radius 3 is 2.92 bits per heavy atom. The average molecular weight is 341 g/mol. The first kappa shape index (κ1) is 17.1. The molecule has 0 saturated carbocycles. The highest BCUT2D eigenvalue weighted by Crippen LogP contribution is 2.39. The van der Waals surface area contributed by atoms with E-state index in [1.165, 1.54) is 5.57 Å². The normalized spacial score (nSPS) is 16.0. The molecule has 2 heterocycles. The third-order valence-electron chi connectivity index (χ3n) is 4.31. The van der Waals surface area contributed by atoms with Crippen molar-refractivity contribution in [3.05, 3.63) is 47.2 Å². The van der Waals surface area contributed by atoms with Gasteiger partial charge in [0.05, 0.1) is 13.3 Å². The van der Waals surface area contributed by atoms with Gasteiger partial charge in [-0.2, -0.15) is 5.10 Å². The Morgan fingerprint density at radius 1 is 1.40 bits per heavy atom. The van der Waals surface area contributed by atoms with Crippen LogP contribution in [0.4, 0.5) is 5.82 Å².